The first kappa shape index (κ1) is 13.0. The number of hydrogen-bond donors (Lipinski definition) is 2. The average Bonchev–Trinajstić information content (AvgIpc) is 2.23. The lowest BCUT2D eigenvalue weighted by molar-refractivity contribution is 0.337. The fraction of sp³-hybridized carbons (Fsp3) is 1.00. The molecule has 0 heterocycles. The first-order valence-electron chi connectivity index (χ1n) is 6.82. The second kappa shape index (κ2) is 8.12. The summed E-state index contributed by atoms with van der Waals surface area (Å²) < 4.78 is 0. The van der Waals surface area contributed by atoms with Crippen LogP contribution in [0.5, 0.6) is 0 Å². The van der Waals surface area contributed by atoms with Crippen molar-refractivity contribution < 1.29 is 0 Å². The third-order valence-electron chi connectivity index (χ3n) is 3.43. The molecule has 0 aromatic heterocycles. The highest BCUT2D eigenvalue weighted by Gasteiger charge is 2.17. The minimum absolute atomic E-state index is 0.455. The molecule has 0 amide bonds. The predicted octanol–water partition coefficient (Wildman–Crippen LogP) is 2.82. The van der Waals surface area contributed by atoms with Gasteiger partial charge in [0.05, 0.1) is 0 Å². The molecule has 90 valence electrons. The zero-order valence-corrected chi connectivity index (χ0v) is 10.3. The van der Waals surface area contributed by atoms with Crippen molar-refractivity contribution in [2.75, 3.05) is 6.54 Å². The van der Waals surface area contributed by atoms with Gasteiger partial charge in [-0.25, -0.2) is 0 Å². The molecule has 0 saturated heterocycles. The number of nitrogens with one attached hydrogen (secondary N) is 1. The van der Waals surface area contributed by atoms with Crippen LogP contribution in [-0.4, -0.2) is 18.6 Å². The Morgan fingerprint density at radius 3 is 2.67 bits per heavy atom. The number of unbranched alkanes of at least 4 members (excludes halogenated alkanes) is 4. The molecule has 2 unspecified atom stereocenters. The zero-order valence-electron chi connectivity index (χ0n) is 10.3. The summed E-state index contributed by atoms with van der Waals surface area (Å²) in [4.78, 5) is 0. The lowest BCUT2D eigenvalue weighted by atomic mass is 9.91. The molecule has 1 saturated carbocycles. The Balaban J connectivity index is 1.90. The highest BCUT2D eigenvalue weighted by atomic mass is 14.9. The van der Waals surface area contributed by atoms with E-state index in [4.69, 9.17) is 5.73 Å². The summed E-state index contributed by atoms with van der Waals surface area (Å²) in [5, 5.41) is 3.65. The van der Waals surface area contributed by atoms with Crippen molar-refractivity contribution in [3.63, 3.8) is 0 Å². The van der Waals surface area contributed by atoms with Crippen LogP contribution in [0.1, 0.15) is 64.7 Å². The van der Waals surface area contributed by atoms with Crippen molar-refractivity contribution >= 4 is 0 Å². The minimum atomic E-state index is 0.455. The second-order valence-electron chi connectivity index (χ2n) is 4.99. The Morgan fingerprint density at radius 1 is 1.13 bits per heavy atom. The molecule has 1 aliphatic carbocycles. The first-order chi connectivity index (χ1) is 7.33. The quantitative estimate of drug-likeness (QED) is 0.637. The normalized spacial score (nSPS) is 26.8. The van der Waals surface area contributed by atoms with Gasteiger partial charge in [0.1, 0.15) is 0 Å². The van der Waals surface area contributed by atoms with Crippen LogP contribution in [0.25, 0.3) is 0 Å². The standard InChI is InChI=1S/C13H28N2/c1-2-3-4-5-6-10-15-13-9-7-8-12(14)11-13/h12-13,15H,2-11,14H2,1H3. The zero-order chi connectivity index (χ0) is 10.9. The molecule has 2 nitrogen and oxygen atoms in total. The van der Waals surface area contributed by atoms with E-state index in [-0.39, 0.29) is 0 Å². The maximum atomic E-state index is 5.96. The van der Waals surface area contributed by atoms with Gasteiger partial charge in [-0.2, -0.15) is 0 Å². The minimum Gasteiger partial charge on any atom is -0.328 e. The fourth-order valence-electron chi connectivity index (χ4n) is 2.45. The van der Waals surface area contributed by atoms with E-state index in [9.17, 15) is 0 Å². The fourth-order valence-corrected chi connectivity index (χ4v) is 2.45. The van der Waals surface area contributed by atoms with Crippen molar-refractivity contribution in [2.45, 2.75) is 76.8 Å². The summed E-state index contributed by atoms with van der Waals surface area (Å²) >= 11 is 0. The molecule has 0 aliphatic heterocycles. The molecule has 15 heavy (non-hydrogen) atoms. The highest BCUT2D eigenvalue weighted by Crippen LogP contribution is 2.16. The van der Waals surface area contributed by atoms with Gasteiger partial charge in [-0.15, -0.1) is 0 Å². The van der Waals surface area contributed by atoms with E-state index in [2.05, 4.69) is 12.2 Å². The third-order valence-corrected chi connectivity index (χ3v) is 3.43. The summed E-state index contributed by atoms with van der Waals surface area (Å²) in [6, 6.07) is 1.16. The van der Waals surface area contributed by atoms with Gasteiger partial charge in [0, 0.05) is 12.1 Å². The van der Waals surface area contributed by atoms with E-state index >= 15 is 0 Å². The molecule has 2 atom stereocenters. The third kappa shape index (κ3) is 6.16. The second-order valence-corrected chi connectivity index (χ2v) is 4.99. The van der Waals surface area contributed by atoms with Crippen LogP contribution >= 0.6 is 0 Å². The van der Waals surface area contributed by atoms with Crippen LogP contribution in [0.2, 0.25) is 0 Å². The topological polar surface area (TPSA) is 38.0 Å². The van der Waals surface area contributed by atoms with Gasteiger partial charge in [0.25, 0.3) is 0 Å². The van der Waals surface area contributed by atoms with Crippen LogP contribution in [0, 0.1) is 0 Å². The molecule has 0 radical (unpaired) electrons. The van der Waals surface area contributed by atoms with Gasteiger partial charge in [-0.3, -0.25) is 0 Å². The number of hydrogen-bond acceptors (Lipinski definition) is 2. The van der Waals surface area contributed by atoms with Gasteiger partial charge in [0.2, 0.25) is 0 Å². The summed E-state index contributed by atoms with van der Waals surface area (Å²) in [5.41, 5.74) is 5.96. The Labute approximate surface area is 95.0 Å². The Hall–Kier alpha value is -0.0800. The van der Waals surface area contributed by atoms with Crippen molar-refractivity contribution in [3.05, 3.63) is 0 Å². The van der Waals surface area contributed by atoms with Gasteiger partial charge in [-0.05, 0) is 32.2 Å². The van der Waals surface area contributed by atoms with Crippen molar-refractivity contribution in [2.24, 2.45) is 5.73 Å². The van der Waals surface area contributed by atoms with Gasteiger partial charge in [0.15, 0.2) is 0 Å². The molecule has 1 fully saturated rings. The molecular formula is C13H28N2. The predicted molar refractivity (Wildman–Crippen MR) is 67.0 cm³/mol. The van der Waals surface area contributed by atoms with E-state index in [1.54, 1.807) is 0 Å². The van der Waals surface area contributed by atoms with Crippen molar-refractivity contribution in [1.29, 1.82) is 0 Å². The van der Waals surface area contributed by atoms with Crippen LogP contribution in [0.4, 0.5) is 0 Å². The van der Waals surface area contributed by atoms with E-state index in [0.717, 1.165) is 0 Å². The largest absolute Gasteiger partial charge is 0.328 e. The SMILES string of the molecule is CCCCCCCNC1CCCC(N)C1. The summed E-state index contributed by atoms with van der Waals surface area (Å²) in [6.45, 7) is 3.46. The lowest BCUT2D eigenvalue weighted by Crippen LogP contribution is -2.39. The number of nitrogens with two attached hydrogens (primary N) is 1. The maximum Gasteiger partial charge on any atom is 0.00818 e. The molecule has 1 aliphatic rings. The van der Waals surface area contributed by atoms with Crippen LogP contribution < -0.4 is 11.1 Å². The molecule has 3 N–H and O–H groups in total. The van der Waals surface area contributed by atoms with Gasteiger partial charge < -0.3 is 11.1 Å². The average molecular weight is 212 g/mol. The lowest BCUT2D eigenvalue weighted by Gasteiger charge is -2.27. The maximum absolute atomic E-state index is 5.96. The van der Waals surface area contributed by atoms with E-state index in [0.29, 0.717) is 12.1 Å². The molecule has 2 heteroatoms. The first-order valence-corrected chi connectivity index (χ1v) is 6.82. The number of rotatable bonds is 7. The summed E-state index contributed by atoms with van der Waals surface area (Å²) in [6.07, 6.45) is 11.9. The molecule has 1 rings (SSSR count). The Bertz CT molecular complexity index is 147. The van der Waals surface area contributed by atoms with E-state index in [1.165, 1.54) is 64.3 Å². The Morgan fingerprint density at radius 2 is 1.93 bits per heavy atom. The van der Waals surface area contributed by atoms with E-state index in [1.807, 2.05) is 0 Å². The van der Waals surface area contributed by atoms with Gasteiger partial charge >= 0.3 is 0 Å². The van der Waals surface area contributed by atoms with Crippen LogP contribution in [0.15, 0.2) is 0 Å². The van der Waals surface area contributed by atoms with Gasteiger partial charge in [-0.1, -0.05) is 39.0 Å². The summed E-state index contributed by atoms with van der Waals surface area (Å²) in [7, 11) is 0. The molecule has 0 aromatic rings. The Kier molecular flexibility index (Phi) is 7.03. The van der Waals surface area contributed by atoms with Crippen LogP contribution in [-0.2, 0) is 0 Å². The smallest absolute Gasteiger partial charge is 0.00818 e. The molecule has 0 aromatic carbocycles. The molecule has 0 bridgehead atoms. The van der Waals surface area contributed by atoms with Crippen LogP contribution in [0.3, 0.4) is 0 Å². The van der Waals surface area contributed by atoms with E-state index < -0.39 is 0 Å². The van der Waals surface area contributed by atoms with Crippen molar-refractivity contribution in [3.8, 4) is 0 Å². The summed E-state index contributed by atoms with van der Waals surface area (Å²) in [5.74, 6) is 0. The highest BCUT2D eigenvalue weighted by molar-refractivity contribution is 4.79. The monoisotopic (exact) mass is 212 g/mol. The van der Waals surface area contributed by atoms with Crippen molar-refractivity contribution in [1.82, 2.24) is 5.32 Å². The molecular weight excluding hydrogens is 184 g/mol. The molecule has 0 spiro atoms.